The monoisotopic (exact) mass is 254 g/mol. The molecule has 4 heteroatoms. The van der Waals surface area contributed by atoms with Crippen molar-refractivity contribution in [3.63, 3.8) is 0 Å². The van der Waals surface area contributed by atoms with Gasteiger partial charge in [0.1, 0.15) is 0 Å². The van der Waals surface area contributed by atoms with Gasteiger partial charge in [0.15, 0.2) is 0 Å². The van der Waals surface area contributed by atoms with Crippen LogP contribution in [-0.4, -0.2) is 49.7 Å². The summed E-state index contributed by atoms with van der Waals surface area (Å²) in [6.45, 7) is 8.88. The quantitative estimate of drug-likeness (QED) is 0.824. The average Bonchev–Trinajstić information content (AvgIpc) is 2.40. The molecule has 0 bridgehead atoms. The molecule has 0 aliphatic carbocycles. The van der Waals surface area contributed by atoms with Crippen LogP contribution in [0.25, 0.3) is 0 Å². The third kappa shape index (κ3) is 3.69. The maximum absolute atomic E-state index is 12.2. The van der Waals surface area contributed by atoms with Crippen molar-refractivity contribution in [1.29, 1.82) is 0 Å². The molecule has 2 aliphatic rings. The van der Waals surface area contributed by atoms with Crippen molar-refractivity contribution in [3.05, 3.63) is 0 Å². The summed E-state index contributed by atoms with van der Waals surface area (Å²) in [5, 5.41) is 3.27. The van der Waals surface area contributed by atoms with E-state index in [0.29, 0.717) is 6.42 Å². The van der Waals surface area contributed by atoms with Gasteiger partial charge >= 0.3 is 0 Å². The summed E-state index contributed by atoms with van der Waals surface area (Å²) < 4.78 is 5.59. The minimum atomic E-state index is 0.0778. The summed E-state index contributed by atoms with van der Waals surface area (Å²) in [5.74, 6) is 1.81. The highest BCUT2D eigenvalue weighted by Gasteiger charge is 2.26. The normalized spacial score (nSPS) is 26.6. The van der Waals surface area contributed by atoms with E-state index in [-0.39, 0.29) is 12.0 Å². The van der Waals surface area contributed by atoms with Crippen molar-refractivity contribution < 1.29 is 9.53 Å². The van der Waals surface area contributed by atoms with E-state index in [4.69, 9.17) is 4.74 Å². The fourth-order valence-corrected chi connectivity index (χ4v) is 2.89. The van der Waals surface area contributed by atoms with E-state index in [9.17, 15) is 4.79 Å². The van der Waals surface area contributed by atoms with Crippen LogP contribution in [-0.2, 0) is 9.53 Å². The Morgan fingerprint density at radius 3 is 2.67 bits per heavy atom. The van der Waals surface area contributed by atoms with Crippen molar-refractivity contribution >= 4 is 5.91 Å². The first-order valence-corrected chi connectivity index (χ1v) is 7.27. The number of ether oxygens (including phenoxy) is 1. The summed E-state index contributed by atoms with van der Waals surface area (Å²) in [4.78, 5) is 14.2. The molecule has 2 heterocycles. The third-order valence-corrected chi connectivity index (χ3v) is 4.24. The van der Waals surface area contributed by atoms with Crippen LogP contribution in [0, 0.1) is 11.8 Å². The molecule has 2 aliphatic heterocycles. The summed E-state index contributed by atoms with van der Waals surface area (Å²) in [6, 6.07) is 0. The Kier molecular flexibility index (Phi) is 5.01. The van der Waals surface area contributed by atoms with Gasteiger partial charge in [-0.2, -0.15) is 0 Å². The van der Waals surface area contributed by atoms with Gasteiger partial charge in [0.25, 0.3) is 0 Å². The molecular formula is C14H26N2O2. The number of hydrogen-bond acceptors (Lipinski definition) is 3. The molecule has 1 unspecified atom stereocenters. The highest BCUT2D eigenvalue weighted by Crippen LogP contribution is 2.24. The summed E-state index contributed by atoms with van der Waals surface area (Å²) >= 11 is 0. The van der Waals surface area contributed by atoms with E-state index in [1.54, 1.807) is 0 Å². The van der Waals surface area contributed by atoms with E-state index in [0.717, 1.165) is 57.5 Å². The minimum absolute atomic E-state index is 0.0778. The summed E-state index contributed by atoms with van der Waals surface area (Å²) in [5.41, 5.74) is 0. The largest absolute Gasteiger partial charge is 0.375 e. The second-order valence-electron chi connectivity index (χ2n) is 5.86. The standard InChI is InChI=1S/C14H26N2O2/c1-11(2)12-3-6-16(7-4-12)14(17)9-13-10-15-5-8-18-13/h11-13,15H,3-10H2,1-2H3. The summed E-state index contributed by atoms with van der Waals surface area (Å²) in [7, 11) is 0. The molecule has 2 saturated heterocycles. The lowest BCUT2D eigenvalue weighted by atomic mass is 9.86. The van der Waals surface area contributed by atoms with Crippen molar-refractivity contribution in [2.24, 2.45) is 11.8 Å². The topological polar surface area (TPSA) is 41.6 Å². The SMILES string of the molecule is CC(C)C1CCN(C(=O)CC2CNCCO2)CC1. The first kappa shape index (κ1) is 13.8. The molecule has 1 amide bonds. The van der Waals surface area contributed by atoms with Crippen molar-refractivity contribution in [1.82, 2.24) is 10.2 Å². The van der Waals surface area contributed by atoms with Crippen LogP contribution in [0.3, 0.4) is 0 Å². The molecule has 1 N–H and O–H groups in total. The predicted molar refractivity (Wildman–Crippen MR) is 71.4 cm³/mol. The third-order valence-electron chi connectivity index (χ3n) is 4.24. The smallest absolute Gasteiger partial charge is 0.225 e. The maximum Gasteiger partial charge on any atom is 0.225 e. The second-order valence-corrected chi connectivity index (χ2v) is 5.86. The zero-order chi connectivity index (χ0) is 13.0. The lowest BCUT2D eigenvalue weighted by Crippen LogP contribution is -2.44. The van der Waals surface area contributed by atoms with Crippen LogP contribution in [0.4, 0.5) is 0 Å². The van der Waals surface area contributed by atoms with Crippen LogP contribution in [0.15, 0.2) is 0 Å². The van der Waals surface area contributed by atoms with Gasteiger partial charge in [0.2, 0.25) is 5.91 Å². The summed E-state index contributed by atoms with van der Waals surface area (Å²) in [6.07, 6.45) is 2.94. The van der Waals surface area contributed by atoms with Gasteiger partial charge in [0, 0.05) is 26.2 Å². The van der Waals surface area contributed by atoms with Crippen molar-refractivity contribution in [2.75, 3.05) is 32.8 Å². The molecule has 2 fully saturated rings. The van der Waals surface area contributed by atoms with Gasteiger partial charge < -0.3 is 15.0 Å². The van der Waals surface area contributed by atoms with E-state index in [2.05, 4.69) is 19.2 Å². The molecule has 0 aromatic carbocycles. The number of piperidine rings is 1. The number of hydrogen-bond donors (Lipinski definition) is 1. The molecule has 0 spiro atoms. The lowest BCUT2D eigenvalue weighted by Gasteiger charge is -2.35. The first-order chi connectivity index (χ1) is 8.66. The van der Waals surface area contributed by atoms with Crippen LogP contribution >= 0.6 is 0 Å². The number of nitrogens with one attached hydrogen (secondary N) is 1. The fraction of sp³-hybridized carbons (Fsp3) is 0.929. The van der Waals surface area contributed by atoms with Gasteiger partial charge in [-0.1, -0.05) is 13.8 Å². The van der Waals surface area contributed by atoms with E-state index >= 15 is 0 Å². The number of carbonyl (C=O) groups is 1. The van der Waals surface area contributed by atoms with Gasteiger partial charge in [-0.05, 0) is 24.7 Å². The molecule has 4 nitrogen and oxygen atoms in total. The Hall–Kier alpha value is -0.610. The number of carbonyl (C=O) groups excluding carboxylic acids is 1. The second kappa shape index (κ2) is 6.53. The predicted octanol–water partition coefficient (Wildman–Crippen LogP) is 1.26. The van der Waals surface area contributed by atoms with E-state index in [1.165, 1.54) is 0 Å². The Labute approximate surface area is 110 Å². The zero-order valence-electron chi connectivity index (χ0n) is 11.7. The Morgan fingerprint density at radius 1 is 1.39 bits per heavy atom. The van der Waals surface area contributed by atoms with E-state index < -0.39 is 0 Å². The van der Waals surface area contributed by atoms with Gasteiger partial charge in [-0.3, -0.25) is 4.79 Å². The molecule has 0 radical (unpaired) electrons. The molecule has 18 heavy (non-hydrogen) atoms. The van der Waals surface area contributed by atoms with Crippen LogP contribution in [0.1, 0.15) is 33.1 Å². The Balaban J connectivity index is 1.73. The van der Waals surface area contributed by atoms with Crippen molar-refractivity contribution in [3.8, 4) is 0 Å². The molecule has 2 rings (SSSR count). The minimum Gasteiger partial charge on any atom is -0.375 e. The number of amides is 1. The van der Waals surface area contributed by atoms with E-state index in [1.807, 2.05) is 4.90 Å². The number of morpholine rings is 1. The number of nitrogens with zero attached hydrogens (tertiary/aromatic N) is 1. The fourth-order valence-electron chi connectivity index (χ4n) is 2.89. The van der Waals surface area contributed by atoms with Gasteiger partial charge in [-0.15, -0.1) is 0 Å². The molecular weight excluding hydrogens is 228 g/mol. The highest BCUT2D eigenvalue weighted by molar-refractivity contribution is 5.76. The first-order valence-electron chi connectivity index (χ1n) is 7.27. The Bertz CT molecular complexity index is 267. The lowest BCUT2D eigenvalue weighted by molar-refractivity contribution is -0.136. The van der Waals surface area contributed by atoms with Gasteiger partial charge in [-0.25, -0.2) is 0 Å². The maximum atomic E-state index is 12.2. The molecule has 1 atom stereocenters. The molecule has 0 aromatic heterocycles. The number of rotatable bonds is 3. The zero-order valence-corrected chi connectivity index (χ0v) is 11.7. The highest BCUT2D eigenvalue weighted by atomic mass is 16.5. The van der Waals surface area contributed by atoms with Crippen molar-refractivity contribution in [2.45, 2.75) is 39.2 Å². The van der Waals surface area contributed by atoms with Crippen LogP contribution in [0.5, 0.6) is 0 Å². The number of likely N-dealkylation sites (tertiary alicyclic amines) is 1. The molecule has 104 valence electrons. The Morgan fingerprint density at radius 2 is 2.11 bits per heavy atom. The van der Waals surface area contributed by atoms with Crippen LogP contribution in [0.2, 0.25) is 0 Å². The average molecular weight is 254 g/mol. The van der Waals surface area contributed by atoms with Gasteiger partial charge in [0.05, 0.1) is 19.1 Å². The molecule has 0 saturated carbocycles. The van der Waals surface area contributed by atoms with Crippen LogP contribution < -0.4 is 5.32 Å². The molecule has 0 aromatic rings.